The highest BCUT2D eigenvalue weighted by atomic mass is 16.5. The van der Waals surface area contributed by atoms with Crippen LogP contribution in [0.25, 0.3) is 22.2 Å². The van der Waals surface area contributed by atoms with E-state index in [1.54, 1.807) is 25.4 Å². The molecular weight excluding hydrogens is 342 g/mol. The number of hydrogen-bond donors (Lipinski definition) is 1. The average molecular weight is 367 g/mol. The largest absolute Gasteiger partial charge is 0.495 e. The van der Waals surface area contributed by atoms with Gasteiger partial charge in [0.15, 0.2) is 0 Å². The highest BCUT2D eigenvalue weighted by molar-refractivity contribution is 5.82. The van der Waals surface area contributed by atoms with E-state index in [9.17, 15) is 4.79 Å². The molecule has 1 aliphatic rings. The van der Waals surface area contributed by atoms with Crippen molar-refractivity contribution in [2.75, 3.05) is 38.3 Å². The van der Waals surface area contributed by atoms with Gasteiger partial charge in [0.05, 0.1) is 42.6 Å². The van der Waals surface area contributed by atoms with E-state index in [4.69, 9.17) is 9.47 Å². The minimum absolute atomic E-state index is 0.142. The zero-order valence-electron chi connectivity index (χ0n) is 16.0. The molecule has 6 nitrogen and oxygen atoms in total. The summed E-state index contributed by atoms with van der Waals surface area (Å²) in [5, 5.41) is 0.586. The van der Waals surface area contributed by atoms with Crippen molar-refractivity contribution in [2.45, 2.75) is 13.8 Å². The molecule has 1 aromatic carbocycles. The number of hydrogen-bond acceptors (Lipinski definition) is 5. The van der Waals surface area contributed by atoms with Crippen LogP contribution < -0.4 is 15.2 Å². The lowest BCUT2D eigenvalue weighted by Crippen LogP contribution is -2.36. The molecule has 0 bridgehead atoms. The minimum atomic E-state index is -0.142. The molecule has 0 spiro atoms. The number of aromatic amines is 1. The predicted octanol–water partition coefficient (Wildman–Crippen LogP) is 3.46. The number of pyridine rings is 2. The molecule has 0 aliphatic carbocycles. The van der Waals surface area contributed by atoms with Crippen LogP contribution in [0.15, 0.2) is 47.4 Å². The molecule has 0 amide bonds. The first-order chi connectivity index (χ1) is 13.3. The van der Waals surface area contributed by atoms with Gasteiger partial charge in [-0.15, -0.1) is 0 Å². The number of aromatic nitrogens is 2. The van der Waals surface area contributed by atoms with E-state index >= 15 is 0 Å². The highest BCUT2D eigenvalue weighted by Crippen LogP contribution is 2.33. The van der Waals surface area contributed by atoms with Gasteiger partial charge < -0.3 is 19.4 Å². The Morgan fingerprint density at radius 2 is 1.93 bits per heavy atom. The fourth-order valence-electron chi connectivity index (χ4n) is 3.15. The van der Waals surface area contributed by atoms with Crippen molar-refractivity contribution < 1.29 is 9.47 Å². The summed E-state index contributed by atoms with van der Waals surface area (Å²) in [7, 11) is 1.66. The van der Waals surface area contributed by atoms with Crippen molar-refractivity contribution in [2.24, 2.45) is 0 Å². The van der Waals surface area contributed by atoms with E-state index in [0.29, 0.717) is 24.1 Å². The maximum atomic E-state index is 12.3. The van der Waals surface area contributed by atoms with Crippen molar-refractivity contribution in [3.8, 4) is 17.0 Å². The number of ether oxygens (including phenoxy) is 2. The molecule has 1 saturated heterocycles. The molecule has 3 aromatic rings. The minimum Gasteiger partial charge on any atom is -0.495 e. The van der Waals surface area contributed by atoms with Gasteiger partial charge in [-0.2, -0.15) is 0 Å². The maximum absolute atomic E-state index is 12.3. The first kappa shape index (κ1) is 18.9. The second-order valence-corrected chi connectivity index (χ2v) is 5.93. The Morgan fingerprint density at radius 3 is 2.67 bits per heavy atom. The van der Waals surface area contributed by atoms with Gasteiger partial charge in [0.2, 0.25) is 0 Å². The van der Waals surface area contributed by atoms with Gasteiger partial charge in [0.25, 0.3) is 5.56 Å². The summed E-state index contributed by atoms with van der Waals surface area (Å²) in [6, 6.07) is 11.4. The van der Waals surface area contributed by atoms with E-state index in [1.165, 1.54) is 0 Å². The first-order valence-electron chi connectivity index (χ1n) is 9.25. The lowest BCUT2D eigenvalue weighted by Gasteiger charge is -2.30. The fourth-order valence-corrected chi connectivity index (χ4v) is 3.15. The second-order valence-electron chi connectivity index (χ2n) is 5.93. The summed E-state index contributed by atoms with van der Waals surface area (Å²) < 4.78 is 11.0. The summed E-state index contributed by atoms with van der Waals surface area (Å²) in [4.78, 5) is 21.8. The molecule has 1 fully saturated rings. The van der Waals surface area contributed by atoms with Crippen LogP contribution in [0, 0.1) is 0 Å². The standard InChI is InChI=1S/C19H19N3O3.C2H6/c1-24-18-11-13(4-5-17(18)22-7-9-25-10-8-22)15-12-16-14(19(23)21-15)3-2-6-20-16;1-2/h2-6,11-12H,7-10H2,1H3,(H,21,23);1-2H3. The van der Waals surface area contributed by atoms with Crippen molar-refractivity contribution in [3.63, 3.8) is 0 Å². The van der Waals surface area contributed by atoms with Crippen LogP contribution in [0.3, 0.4) is 0 Å². The molecule has 142 valence electrons. The van der Waals surface area contributed by atoms with Crippen molar-refractivity contribution in [3.05, 3.63) is 52.9 Å². The van der Waals surface area contributed by atoms with Crippen LogP contribution in [0.2, 0.25) is 0 Å². The Balaban J connectivity index is 0.00000102. The lowest BCUT2D eigenvalue weighted by atomic mass is 10.1. The van der Waals surface area contributed by atoms with Gasteiger partial charge >= 0.3 is 0 Å². The number of rotatable bonds is 3. The van der Waals surface area contributed by atoms with E-state index in [1.807, 2.05) is 38.1 Å². The average Bonchev–Trinajstić information content (AvgIpc) is 2.75. The smallest absolute Gasteiger partial charge is 0.257 e. The predicted molar refractivity (Wildman–Crippen MR) is 109 cm³/mol. The van der Waals surface area contributed by atoms with Crippen LogP contribution in [0.5, 0.6) is 5.75 Å². The van der Waals surface area contributed by atoms with Crippen molar-refractivity contribution in [1.29, 1.82) is 0 Å². The monoisotopic (exact) mass is 367 g/mol. The van der Waals surface area contributed by atoms with Crippen LogP contribution in [-0.2, 0) is 4.74 Å². The SMILES string of the molecule is CC.COc1cc(-c2cc3ncccc3c(=O)[nH]2)ccc1N1CCOCC1. The van der Waals surface area contributed by atoms with Gasteiger partial charge in [-0.05, 0) is 30.3 Å². The van der Waals surface area contributed by atoms with Crippen LogP contribution >= 0.6 is 0 Å². The topological polar surface area (TPSA) is 67.5 Å². The maximum Gasteiger partial charge on any atom is 0.257 e. The molecule has 27 heavy (non-hydrogen) atoms. The summed E-state index contributed by atoms with van der Waals surface area (Å²) in [5.74, 6) is 0.779. The zero-order chi connectivity index (χ0) is 19.2. The second kappa shape index (κ2) is 8.68. The summed E-state index contributed by atoms with van der Waals surface area (Å²) >= 11 is 0. The number of nitrogens with one attached hydrogen (secondary N) is 1. The Bertz CT molecular complexity index is 962. The number of nitrogens with zero attached hydrogens (tertiary/aromatic N) is 2. The lowest BCUT2D eigenvalue weighted by molar-refractivity contribution is 0.122. The molecule has 1 N–H and O–H groups in total. The van der Waals surface area contributed by atoms with Crippen molar-refractivity contribution in [1.82, 2.24) is 9.97 Å². The summed E-state index contributed by atoms with van der Waals surface area (Å²) in [6.45, 7) is 7.11. The van der Waals surface area contributed by atoms with Gasteiger partial charge in [0.1, 0.15) is 5.75 Å². The quantitative estimate of drug-likeness (QED) is 0.768. The molecule has 2 aromatic heterocycles. The zero-order valence-corrected chi connectivity index (χ0v) is 16.0. The van der Waals surface area contributed by atoms with Gasteiger partial charge in [-0.1, -0.05) is 19.9 Å². The molecule has 0 radical (unpaired) electrons. The Kier molecular flexibility index (Phi) is 6.08. The van der Waals surface area contributed by atoms with Gasteiger partial charge in [0, 0.05) is 24.8 Å². The number of morpholine rings is 1. The molecule has 0 unspecified atom stereocenters. The Hall–Kier alpha value is -2.86. The molecule has 6 heteroatoms. The van der Waals surface area contributed by atoms with E-state index in [-0.39, 0.29) is 5.56 Å². The third-order valence-electron chi connectivity index (χ3n) is 4.45. The van der Waals surface area contributed by atoms with Gasteiger partial charge in [-0.25, -0.2) is 0 Å². The normalized spacial score (nSPS) is 13.8. The molecular formula is C21H25N3O3. The van der Waals surface area contributed by atoms with Crippen LogP contribution in [0.1, 0.15) is 13.8 Å². The van der Waals surface area contributed by atoms with Crippen LogP contribution in [-0.4, -0.2) is 43.4 Å². The number of anilines is 1. The number of benzene rings is 1. The molecule has 0 atom stereocenters. The van der Waals surface area contributed by atoms with Crippen molar-refractivity contribution >= 4 is 16.6 Å². The number of methoxy groups -OCH3 is 1. The summed E-state index contributed by atoms with van der Waals surface area (Å²) in [5.41, 5.74) is 3.19. The number of fused-ring (bicyclic) bond motifs is 1. The Labute approximate surface area is 158 Å². The van der Waals surface area contributed by atoms with Crippen LogP contribution in [0.4, 0.5) is 5.69 Å². The third-order valence-corrected chi connectivity index (χ3v) is 4.45. The van der Waals surface area contributed by atoms with E-state index < -0.39 is 0 Å². The van der Waals surface area contributed by atoms with E-state index in [0.717, 1.165) is 35.8 Å². The number of H-pyrrole nitrogens is 1. The molecule has 4 rings (SSSR count). The fraction of sp³-hybridized carbons (Fsp3) is 0.333. The highest BCUT2D eigenvalue weighted by Gasteiger charge is 2.16. The molecule has 3 heterocycles. The van der Waals surface area contributed by atoms with Gasteiger partial charge in [-0.3, -0.25) is 9.78 Å². The third kappa shape index (κ3) is 3.95. The van der Waals surface area contributed by atoms with E-state index in [2.05, 4.69) is 14.9 Å². The summed E-state index contributed by atoms with van der Waals surface area (Å²) in [6.07, 6.45) is 1.69. The first-order valence-corrected chi connectivity index (χ1v) is 9.25. The Morgan fingerprint density at radius 1 is 1.15 bits per heavy atom. The molecule has 1 aliphatic heterocycles. The molecule has 0 saturated carbocycles.